The van der Waals surface area contributed by atoms with E-state index in [-0.39, 0.29) is 6.04 Å². The van der Waals surface area contributed by atoms with Crippen LogP contribution in [0.4, 0.5) is 5.69 Å². The number of anilines is 1. The summed E-state index contributed by atoms with van der Waals surface area (Å²) in [5.41, 5.74) is 9.55. The van der Waals surface area contributed by atoms with E-state index in [2.05, 4.69) is 22.2 Å². The topological polar surface area (TPSA) is 63.8 Å². The summed E-state index contributed by atoms with van der Waals surface area (Å²) in [6.45, 7) is 2.94. The lowest BCUT2D eigenvalue weighted by Crippen LogP contribution is -2.22. The van der Waals surface area contributed by atoms with Gasteiger partial charge in [0.2, 0.25) is 0 Å². The Hall–Kier alpha value is -1.46. The average molecular weight is 234 g/mol. The van der Waals surface area contributed by atoms with Gasteiger partial charge in [0.25, 0.3) is 0 Å². The summed E-state index contributed by atoms with van der Waals surface area (Å²) in [6, 6.07) is 1.91. The van der Waals surface area contributed by atoms with E-state index in [1.165, 1.54) is 0 Å². The van der Waals surface area contributed by atoms with Crippen LogP contribution >= 0.6 is 11.3 Å². The van der Waals surface area contributed by atoms with Crippen LogP contribution in [0.5, 0.6) is 0 Å². The van der Waals surface area contributed by atoms with Crippen molar-refractivity contribution in [2.75, 3.05) is 12.3 Å². The molecule has 0 aliphatic carbocycles. The maximum absolute atomic E-state index is 5.96. The lowest BCUT2D eigenvalue weighted by atomic mass is 10.1. The third-order valence-electron chi connectivity index (χ3n) is 2.34. The maximum atomic E-state index is 5.96. The van der Waals surface area contributed by atoms with Gasteiger partial charge < -0.3 is 11.1 Å². The molecular formula is C11H14N4S. The molecule has 5 heteroatoms. The molecule has 0 bridgehead atoms. The zero-order valence-corrected chi connectivity index (χ0v) is 9.87. The maximum Gasteiger partial charge on any atom is 0.0794 e. The van der Waals surface area contributed by atoms with Crippen LogP contribution in [-0.2, 0) is 0 Å². The van der Waals surface area contributed by atoms with Crippen LogP contribution in [0.2, 0.25) is 0 Å². The van der Waals surface area contributed by atoms with E-state index in [1.807, 2.05) is 24.0 Å². The highest BCUT2D eigenvalue weighted by molar-refractivity contribution is 7.09. The van der Waals surface area contributed by atoms with Crippen LogP contribution in [0.25, 0.3) is 0 Å². The number of hydrogen-bond acceptors (Lipinski definition) is 5. The van der Waals surface area contributed by atoms with Gasteiger partial charge in [-0.15, -0.1) is 11.3 Å². The summed E-state index contributed by atoms with van der Waals surface area (Å²) < 4.78 is 0. The van der Waals surface area contributed by atoms with Gasteiger partial charge in [0.05, 0.1) is 11.6 Å². The molecule has 2 aromatic heterocycles. The van der Waals surface area contributed by atoms with Crippen LogP contribution in [0.1, 0.15) is 23.4 Å². The van der Waals surface area contributed by atoms with Crippen molar-refractivity contribution in [3.63, 3.8) is 0 Å². The van der Waals surface area contributed by atoms with Crippen molar-refractivity contribution in [1.29, 1.82) is 0 Å². The predicted octanol–water partition coefficient (Wildman–Crippen LogP) is 1.82. The smallest absolute Gasteiger partial charge is 0.0794 e. The van der Waals surface area contributed by atoms with Gasteiger partial charge in [-0.05, 0) is 12.6 Å². The number of nitrogens with zero attached hydrogens (tertiary/aromatic N) is 2. The molecule has 0 saturated carbocycles. The van der Waals surface area contributed by atoms with E-state index in [4.69, 9.17) is 5.73 Å². The largest absolute Gasteiger partial charge is 0.398 e. The predicted molar refractivity (Wildman–Crippen MR) is 66.3 cm³/mol. The Morgan fingerprint density at radius 1 is 1.44 bits per heavy atom. The minimum Gasteiger partial charge on any atom is -0.398 e. The summed E-state index contributed by atoms with van der Waals surface area (Å²) in [4.78, 5) is 9.37. The molecule has 4 nitrogen and oxygen atoms in total. The number of aromatic nitrogens is 2. The highest BCUT2D eigenvalue weighted by Gasteiger charge is 2.16. The van der Waals surface area contributed by atoms with Crippen LogP contribution < -0.4 is 11.1 Å². The number of rotatable bonds is 4. The molecule has 3 N–H and O–H groups in total. The van der Waals surface area contributed by atoms with E-state index in [0.717, 1.165) is 22.7 Å². The third-order valence-corrected chi connectivity index (χ3v) is 3.18. The molecule has 0 aliphatic heterocycles. The first-order valence-corrected chi connectivity index (χ1v) is 6.02. The van der Waals surface area contributed by atoms with Gasteiger partial charge in [-0.25, -0.2) is 0 Å². The molecule has 0 aliphatic rings. The second-order valence-electron chi connectivity index (χ2n) is 3.40. The third kappa shape index (κ3) is 2.20. The molecule has 0 radical (unpaired) electrons. The Balaban J connectivity index is 2.37. The van der Waals surface area contributed by atoms with Gasteiger partial charge >= 0.3 is 0 Å². The number of hydrogen-bond donors (Lipinski definition) is 2. The minimum atomic E-state index is 0.0891. The number of nitrogen functional groups attached to an aromatic ring is 1. The fraction of sp³-hybridized carbons (Fsp3) is 0.273. The van der Waals surface area contributed by atoms with Crippen molar-refractivity contribution in [2.45, 2.75) is 13.0 Å². The van der Waals surface area contributed by atoms with Crippen LogP contribution in [0.15, 0.2) is 30.2 Å². The first-order chi connectivity index (χ1) is 7.83. The van der Waals surface area contributed by atoms with Crippen molar-refractivity contribution in [3.8, 4) is 0 Å². The van der Waals surface area contributed by atoms with Crippen molar-refractivity contribution in [2.24, 2.45) is 0 Å². The van der Waals surface area contributed by atoms with Gasteiger partial charge in [-0.2, -0.15) is 0 Å². The van der Waals surface area contributed by atoms with Gasteiger partial charge in [-0.3, -0.25) is 9.97 Å². The lowest BCUT2D eigenvalue weighted by molar-refractivity contribution is 0.638. The number of pyridine rings is 1. The normalized spacial score (nSPS) is 12.6. The fourth-order valence-electron chi connectivity index (χ4n) is 1.59. The van der Waals surface area contributed by atoms with Gasteiger partial charge in [0.15, 0.2) is 0 Å². The minimum absolute atomic E-state index is 0.0891. The molecule has 84 valence electrons. The van der Waals surface area contributed by atoms with E-state index >= 15 is 0 Å². The second-order valence-corrected chi connectivity index (χ2v) is 4.32. The quantitative estimate of drug-likeness (QED) is 0.847. The highest BCUT2D eigenvalue weighted by atomic mass is 32.1. The summed E-state index contributed by atoms with van der Waals surface area (Å²) in [5, 5.41) is 3.39. The number of nitrogens with two attached hydrogens (primary N) is 1. The summed E-state index contributed by atoms with van der Waals surface area (Å²) in [5.74, 6) is 0. The Morgan fingerprint density at radius 3 is 2.94 bits per heavy atom. The van der Waals surface area contributed by atoms with Gasteiger partial charge in [-0.1, -0.05) is 6.92 Å². The second kappa shape index (κ2) is 5.05. The van der Waals surface area contributed by atoms with Crippen LogP contribution in [-0.4, -0.2) is 16.5 Å². The zero-order valence-electron chi connectivity index (χ0n) is 9.05. The lowest BCUT2D eigenvalue weighted by Gasteiger charge is -2.17. The summed E-state index contributed by atoms with van der Waals surface area (Å²) in [7, 11) is 0. The molecule has 0 amide bonds. The van der Waals surface area contributed by atoms with E-state index in [0.29, 0.717) is 0 Å². The number of thiazole rings is 1. The standard InChI is InChI=1S/C11H14N4S/c1-2-15-11(10-6-14-7-16-10)8-5-13-4-3-9(8)12/h3-7,11,15H,2H2,1H3,(H2,12,13). The van der Waals surface area contributed by atoms with E-state index in [1.54, 1.807) is 17.5 Å². The Kier molecular flexibility index (Phi) is 3.48. The highest BCUT2D eigenvalue weighted by Crippen LogP contribution is 2.27. The molecule has 2 heterocycles. The Labute approximate surface area is 98.6 Å². The molecule has 0 spiro atoms. The van der Waals surface area contributed by atoms with E-state index in [9.17, 15) is 0 Å². The molecule has 2 rings (SSSR count). The summed E-state index contributed by atoms with van der Waals surface area (Å²) in [6.07, 6.45) is 5.38. The molecule has 0 fully saturated rings. The summed E-state index contributed by atoms with van der Waals surface area (Å²) >= 11 is 1.62. The number of nitrogens with one attached hydrogen (secondary N) is 1. The van der Waals surface area contributed by atoms with Crippen molar-refractivity contribution in [1.82, 2.24) is 15.3 Å². The van der Waals surface area contributed by atoms with Crippen molar-refractivity contribution >= 4 is 17.0 Å². The molecule has 1 atom stereocenters. The Bertz CT molecular complexity index is 441. The zero-order chi connectivity index (χ0) is 11.4. The van der Waals surface area contributed by atoms with Crippen LogP contribution in [0.3, 0.4) is 0 Å². The van der Waals surface area contributed by atoms with E-state index < -0.39 is 0 Å². The molecular weight excluding hydrogens is 220 g/mol. The Morgan fingerprint density at radius 2 is 2.31 bits per heavy atom. The average Bonchev–Trinajstić information content (AvgIpc) is 2.80. The molecule has 2 aromatic rings. The first kappa shape index (κ1) is 11.0. The molecule has 0 aromatic carbocycles. The first-order valence-electron chi connectivity index (χ1n) is 5.14. The van der Waals surface area contributed by atoms with Gasteiger partial charge in [0, 0.05) is 34.7 Å². The molecule has 1 unspecified atom stereocenters. The SMILES string of the molecule is CCNC(c1cncs1)c1cnccc1N. The van der Waals surface area contributed by atoms with Gasteiger partial charge in [0.1, 0.15) is 0 Å². The molecule has 16 heavy (non-hydrogen) atoms. The monoisotopic (exact) mass is 234 g/mol. The fourth-order valence-corrected chi connectivity index (χ4v) is 2.31. The van der Waals surface area contributed by atoms with Crippen molar-refractivity contribution in [3.05, 3.63) is 40.6 Å². The van der Waals surface area contributed by atoms with Crippen molar-refractivity contribution < 1.29 is 0 Å². The van der Waals surface area contributed by atoms with Crippen LogP contribution in [0, 0.1) is 0 Å². The molecule has 0 saturated heterocycles.